The van der Waals surface area contributed by atoms with E-state index in [0.29, 0.717) is 5.02 Å². The van der Waals surface area contributed by atoms with Crippen LogP contribution in [0.15, 0.2) is 6.07 Å². The topological polar surface area (TPSA) is 4.93 Å². The summed E-state index contributed by atoms with van der Waals surface area (Å²) in [5.41, 5.74) is 0.720. The van der Waals surface area contributed by atoms with E-state index < -0.39 is 0 Å². The van der Waals surface area contributed by atoms with E-state index in [0.717, 1.165) is 5.69 Å². The van der Waals surface area contributed by atoms with E-state index >= 15 is 0 Å². The molecule has 0 amide bonds. The molecule has 0 saturated heterocycles. The minimum atomic E-state index is -0.287. The molecular weight excluding hydrogens is 177 g/mol. The van der Waals surface area contributed by atoms with Crippen LogP contribution in [0, 0.1) is 5.95 Å². The quantitative estimate of drug-likeness (QED) is 0.591. The van der Waals surface area contributed by atoms with Crippen LogP contribution in [0.3, 0.4) is 0 Å². The molecule has 1 rings (SSSR count). The van der Waals surface area contributed by atoms with Gasteiger partial charge >= 0.3 is 0 Å². The Balaban J connectivity index is 3.32. The Morgan fingerprint density at radius 2 is 1.92 bits per heavy atom. The average Bonchev–Trinajstić information content (AvgIpc) is 2.05. The number of aromatic nitrogens is 1. The highest BCUT2D eigenvalue weighted by Crippen LogP contribution is 2.30. The van der Waals surface area contributed by atoms with Crippen LogP contribution in [-0.2, 0) is 12.5 Å². The van der Waals surface area contributed by atoms with E-state index in [1.165, 1.54) is 10.6 Å². The molecule has 0 fully saturated rings. The summed E-state index contributed by atoms with van der Waals surface area (Å²) >= 11 is 5.87. The molecule has 0 saturated carbocycles. The van der Waals surface area contributed by atoms with Gasteiger partial charge < -0.3 is 4.57 Å². The first-order valence-corrected chi connectivity index (χ1v) is 4.23. The lowest BCUT2D eigenvalue weighted by molar-refractivity contribution is 0.479. The third kappa shape index (κ3) is 1.48. The van der Waals surface area contributed by atoms with Crippen LogP contribution in [0.4, 0.5) is 4.39 Å². The maximum Gasteiger partial charge on any atom is 0.195 e. The summed E-state index contributed by atoms with van der Waals surface area (Å²) in [6.45, 7) is 6.02. The van der Waals surface area contributed by atoms with Crippen LogP contribution in [0.1, 0.15) is 26.5 Å². The van der Waals surface area contributed by atoms with Gasteiger partial charge in [0.25, 0.3) is 0 Å². The van der Waals surface area contributed by atoms with E-state index in [4.69, 9.17) is 11.6 Å². The summed E-state index contributed by atoms with van der Waals surface area (Å²) in [5, 5.41) is 0.502. The van der Waals surface area contributed by atoms with Gasteiger partial charge in [-0.15, -0.1) is 0 Å². The smallest absolute Gasteiger partial charge is 0.195 e. The SMILES string of the molecule is Cn1c(F)cc(Cl)c1C(C)(C)C. The summed E-state index contributed by atoms with van der Waals surface area (Å²) in [6, 6.07) is 1.35. The molecule has 1 nitrogen and oxygen atoms in total. The summed E-state index contributed by atoms with van der Waals surface area (Å²) in [6.07, 6.45) is 0. The van der Waals surface area contributed by atoms with Crippen LogP contribution in [0.25, 0.3) is 0 Å². The average molecular weight is 190 g/mol. The molecule has 68 valence electrons. The Morgan fingerprint density at radius 1 is 1.42 bits per heavy atom. The van der Waals surface area contributed by atoms with Crippen molar-refractivity contribution in [2.24, 2.45) is 7.05 Å². The van der Waals surface area contributed by atoms with Crippen LogP contribution >= 0.6 is 11.6 Å². The fraction of sp³-hybridized carbons (Fsp3) is 0.556. The van der Waals surface area contributed by atoms with Crippen molar-refractivity contribution in [3.63, 3.8) is 0 Å². The second-order valence-electron chi connectivity index (χ2n) is 3.97. The molecule has 0 atom stereocenters. The number of rotatable bonds is 0. The first-order valence-electron chi connectivity index (χ1n) is 3.85. The van der Waals surface area contributed by atoms with Crippen molar-refractivity contribution in [3.8, 4) is 0 Å². The Morgan fingerprint density at radius 3 is 2.08 bits per heavy atom. The minimum absolute atomic E-state index is 0.115. The molecule has 0 N–H and O–H groups in total. The molecule has 1 aromatic rings. The molecule has 0 aromatic carbocycles. The number of nitrogens with zero attached hydrogens (tertiary/aromatic N) is 1. The summed E-state index contributed by atoms with van der Waals surface area (Å²) in [4.78, 5) is 0. The maximum atomic E-state index is 13.0. The van der Waals surface area contributed by atoms with E-state index in [1.807, 2.05) is 20.8 Å². The normalized spacial score (nSPS) is 12.2. The second kappa shape index (κ2) is 2.77. The van der Waals surface area contributed by atoms with Gasteiger partial charge in [-0.1, -0.05) is 32.4 Å². The predicted molar refractivity (Wildman–Crippen MR) is 49.1 cm³/mol. The van der Waals surface area contributed by atoms with E-state index in [9.17, 15) is 4.39 Å². The molecule has 1 aromatic heterocycles. The van der Waals surface area contributed by atoms with Gasteiger partial charge in [-0.25, -0.2) is 0 Å². The van der Waals surface area contributed by atoms with Crippen molar-refractivity contribution < 1.29 is 4.39 Å². The first-order chi connectivity index (χ1) is 5.34. The van der Waals surface area contributed by atoms with Gasteiger partial charge in [-0.2, -0.15) is 4.39 Å². The standard InChI is InChI=1S/C9H13ClFN/c1-9(2,3)8-6(10)5-7(11)12(8)4/h5H,1-4H3. The first kappa shape index (κ1) is 9.59. The van der Waals surface area contributed by atoms with Crippen molar-refractivity contribution in [2.45, 2.75) is 26.2 Å². The third-order valence-electron chi connectivity index (χ3n) is 1.84. The van der Waals surface area contributed by atoms with E-state index in [-0.39, 0.29) is 11.4 Å². The molecule has 0 radical (unpaired) electrons. The van der Waals surface area contributed by atoms with Crippen LogP contribution in [0.2, 0.25) is 5.02 Å². The fourth-order valence-corrected chi connectivity index (χ4v) is 1.90. The number of hydrogen-bond donors (Lipinski definition) is 0. The van der Waals surface area contributed by atoms with Crippen LogP contribution in [0.5, 0.6) is 0 Å². The molecule has 0 aliphatic heterocycles. The second-order valence-corrected chi connectivity index (χ2v) is 4.38. The Kier molecular flexibility index (Phi) is 2.21. The highest BCUT2D eigenvalue weighted by molar-refractivity contribution is 6.31. The molecule has 0 unspecified atom stereocenters. The fourth-order valence-electron chi connectivity index (χ4n) is 1.40. The summed E-state index contributed by atoms with van der Waals surface area (Å²) in [5.74, 6) is -0.287. The molecule has 12 heavy (non-hydrogen) atoms. The van der Waals surface area contributed by atoms with Gasteiger partial charge in [0.2, 0.25) is 0 Å². The maximum absolute atomic E-state index is 13.0. The van der Waals surface area contributed by atoms with Gasteiger partial charge in [-0.3, -0.25) is 0 Å². The largest absolute Gasteiger partial charge is 0.323 e. The zero-order chi connectivity index (χ0) is 9.52. The lowest BCUT2D eigenvalue weighted by Crippen LogP contribution is -2.17. The summed E-state index contributed by atoms with van der Waals surface area (Å²) < 4.78 is 14.5. The monoisotopic (exact) mass is 189 g/mol. The lowest BCUT2D eigenvalue weighted by atomic mass is 9.92. The Labute approximate surface area is 77.1 Å². The highest BCUT2D eigenvalue weighted by Gasteiger charge is 2.22. The van der Waals surface area contributed by atoms with Crippen LogP contribution < -0.4 is 0 Å². The van der Waals surface area contributed by atoms with Gasteiger partial charge in [0.15, 0.2) is 5.95 Å². The van der Waals surface area contributed by atoms with Gasteiger partial charge in [0.05, 0.1) is 5.02 Å². The third-order valence-corrected chi connectivity index (χ3v) is 2.13. The molecular formula is C9H13ClFN. The Bertz CT molecular complexity index is 296. The molecule has 0 spiro atoms. The van der Waals surface area contributed by atoms with Crippen molar-refractivity contribution in [1.29, 1.82) is 0 Å². The van der Waals surface area contributed by atoms with E-state index in [2.05, 4.69) is 0 Å². The molecule has 0 bridgehead atoms. The number of hydrogen-bond acceptors (Lipinski definition) is 0. The zero-order valence-corrected chi connectivity index (χ0v) is 8.54. The lowest BCUT2D eigenvalue weighted by Gasteiger charge is -2.20. The van der Waals surface area contributed by atoms with E-state index in [1.54, 1.807) is 7.05 Å². The molecule has 0 aliphatic rings. The van der Waals surface area contributed by atoms with Gasteiger partial charge in [0.1, 0.15) is 0 Å². The Hall–Kier alpha value is -0.500. The molecule has 0 aliphatic carbocycles. The highest BCUT2D eigenvalue weighted by atomic mass is 35.5. The number of halogens is 2. The van der Waals surface area contributed by atoms with Gasteiger partial charge in [0, 0.05) is 24.2 Å². The molecule has 3 heteroatoms. The van der Waals surface area contributed by atoms with Crippen molar-refractivity contribution >= 4 is 11.6 Å². The van der Waals surface area contributed by atoms with Crippen molar-refractivity contribution in [1.82, 2.24) is 4.57 Å². The van der Waals surface area contributed by atoms with Crippen molar-refractivity contribution in [3.05, 3.63) is 22.7 Å². The zero-order valence-electron chi connectivity index (χ0n) is 7.78. The minimum Gasteiger partial charge on any atom is -0.323 e. The molecule has 1 heterocycles. The van der Waals surface area contributed by atoms with Crippen molar-refractivity contribution in [2.75, 3.05) is 0 Å². The van der Waals surface area contributed by atoms with Gasteiger partial charge in [-0.05, 0) is 0 Å². The predicted octanol–water partition coefficient (Wildman–Crippen LogP) is 3.12. The van der Waals surface area contributed by atoms with Crippen LogP contribution in [-0.4, -0.2) is 4.57 Å². The summed E-state index contributed by atoms with van der Waals surface area (Å²) in [7, 11) is 1.68.